The molecule has 3 aliphatic rings. The van der Waals surface area contributed by atoms with E-state index in [1.807, 2.05) is 0 Å². The maximum Gasteiger partial charge on any atom is 0.326 e. The highest BCUT2D eigenvalue weighted by molar-refractivity contribution is 6.09. The quantitative estimate of drug-likeness (QED) is 0.409. The maximum absolute atomic E-state index is 12.5. The van der Waals surface area contributed by atoms with Gasteiger partial charge >= 0.3 is 12.0 Å². The molecule has 30 heavy (non-hydrogen) atoms. The monoisotopic (exact) mass is 413 g/mol. The predicted octanol–water partition coefficient (Wildman–Crippen LogP) is 1.26. The Kier molecular flexibility index (Phi) is 5.05. The van der Waals surface area contributed by atoms with Crippen molar-refractivity contribution in [2.24, 2.45) is 5.92 Å². The first-order valence-electron chi connectivity index (χ1n) is 10.0. The number of amides is 4. The van der Waals surface area contributed by atoms with Crippen LogP contribution < -0.4 is 10.2 Å². The topological polar surface area (TPSA) is 113 Å². The summed E-state index contributed by atoms with van der Waals surface area (Å²) in [5.41, 5.74) is -0.0228. The Morgan fingerprint density at radius 3 is 2.67 bits per heavy atom. The van der Waals surface area contributed by atoms with E-state index in [9.17, 15) is 24.0 Å². The summed E-state index contributed by atoms with van der Waals surface area (Å²) < 4.78 is 5.00. The van der Waals surface area contributed by atoms with Crippen LogP contribution in [0.1, 0.15) is 43.0 Å². The summed E-state index contributed by atoms with van der Waals surface area (Å²) in [5.74, 6) is -1.61. The second kappa shape index (κ2) is 7.55. The van der Waals surface area contributed by atoms with Gasteiger partial charge in [-0.2, -0.15) is 0 Å². The van der Waals surface area contributed by atoms with Crippen molar-refractivity contribution >= 4 is 35.3 Å². The third-order valence-electron chi connectivity index (χ3n) is 5.90. The van der Waals surface area contributed by atoms with E-state index < -0.39 is 42.4 Å². The second-order valence-corrected chi connectivity index (χ2v) is 8.08. The van der Waals surface area contributed by atoms with Crippen molar-refractivity contribution in [3.05, 3.63) is 29.8 Å². The summed E-state index contributed by atoms with van der Waals surface area (Å²) >= 11 is 0. The van der Waals surface area contributed by atoms with Crippen molar-refractivity contribution in [1.29, 1.82) is 0 Å². The van der Waals surface area contributed by atoms with Gasteiger partial charge in [-0.05, 0) is 44.2 Å². The van der Waals surface area contributed by atoms with E-state index in [0.717, 1.165) is 24.2 Å². The van der Waals surface area contributed by atoms with Crippen LogP contribution in [0.5, 0.6) is 0 Å². The minimum Gasteiger partial charge on any atom is -0.456 e. The number of carbonyl (C=O) groups excluding carboxylic acids is 5. The van der Waals surface area contributed by atoms with E-state index in [2.05, 4.69) is 5.32 Å². The summed E-state index contributed by atoms with van der Waals surface area (Å²) in [6.07, 6.45) is 2.98. The number of hydrogen-bond donors (Lipinski definition) is 1. The van der Waals surface area contributed by atoms with Gasteiger partial charge in [-0.3, -0.25) is 24.1 Å². The van der Waals surface area contributed by atoms with E-state index in [1.165, 1.54) is 0 Å². The standard InChI is InChI=1S/C21H23N3O6/c1-21(14-7-8-14)19(28)24(20(29)22-21)11-18(27)30-12-16(25)13-4-2-5-15(10-13)23-9-3-6-17(23)26/h2,4-5,10,14H,3,6-9,11-12H2,1H3,(H,22,29)/t21-/m0/s1. The van der Waals surface area contributed by atoms with Gasteiger partial charge in [0, 0.05) is 24.2 Å². The number of urea groups is 1. The molecule has 0 radical (unpaired) electrons. The Bertz CT molecular complexity index is 940. The fourth-order valence-electron chi connectivity index (χ4n) is 3.97. The molecule has 4 amide bonds. The van der Waals surface area contributed by atoms with E-state index in [0.29, 0.717) is 24.2 Å². The van der Waals surface area contributed by atoms with Gasteiger partial charge in [0.05, 0.1) is 0 Å². The molecule has 0 spiro atoms. The number of hydrogen-bond acceptors (Lipinski definition) is 6. The molecule has 1 atom stereocenters. The molecule has 1 aromatic rings. The summed E-state index contributed by atoms with van der Waals surface area (Å²) in [5, 5.41) is 2.66. The summed E-state index contributed by atoms with van der Waals surface area (Å²) in [6, 6.07) is 5.97. The lowest BCUT2D eigenvalue weighted by Gasteiger charge is -2.20. The molecule has 158 valence electrons. The first-order valence-corrected chi connectivity index (χ1v) is 10.0. The van der Waals surface area contributed by atoms with Gasteiger partial charge in [0.25, 0.3) is 5.91 Å². The number of Topliss-reactive ketones (excluding diaryl/α,β-unsaturated/α-hetero) is 1. The fourth-order valence-corrected chi connectivity index (χ4v) is 3.97. The number of esters is 1. The molecule has 9 nitrogen and oxygen atoms in total. The Hall–Kier alpha value is -3.23. The van der Waals surface area contributed by atoms with E-state index in [1.54, 1.807) is 36.1 Å². The van der Waals surface area contributed by atoms with Crippen LogP contribution in [-0.4, -0.2) is 59.7 Å². The number of carbonyl (C=O) groups is 5. The Morgan fingerprint density at radius 1 is 1.23 bits per heavy atom. The van der Waals surface area contributed by atoms with Gasteiger partial charge in [-0.1, -0.05) is 12.1 Å². The van der Waals surface area contributed by atoms with Gasteiger partial charge < -0.3 is 15.0 Å². The lowest BCUT2D eigenvalue weighted by molar-refractivity contribution is -0.146. The molecule has 0 aromatic heterocycles. The average Bonchev–Trinajstić information content (AvgIpc) is 3.47. The molecular weight excluding hydrogens is 390 g/mol. The van der Waals surface area contributed by atoms with Crippen molar-refractivity contribution < 1.29 is 28.7 Å². The highest BCUT2D eigenvalue weighted by Gasteiger charge is 2.56. The molecule has 1 aromatic carbocycles. The number of anilines is 1. The van der Waals surface area contributed by atoms with Crippen molar-refractivity contribution in [2.45, 2.75) is 38.1 Å². The van der Waals surface area contributed by atoms with Crippen molar-refractivity contribution in [3.63, 3.8) is 0 Å². The zero-order chi connectivity index (χ0) is 21.5. The molecular formula is C21H23N3O6. The number of benzene rings is 1. The van der Waals surface area contributed by atoms with E-state index >= 15 is 0 Å². The van der Waals surface area contributed by atoms with Crippen LogP contribution in [0.15, 0.2) is 24.3 Å². The molecule has 9 heteroatoms. The number of nitrogens with one attached hydrogen (secondary N) is 1. The first kappa shape index (κ1) is 20.1. The van der Waals surface area contributed by atoms with Crippen molar-refractivity contribution in [1.82, 2.24) is 10.2 Å². The molecule has 0 unspecified atom stereocenters. The summed E-state index contributed by atoms with van der Waals surface area (Å²) in [6.45, 7) is 1.22. The minimum absolute atomic E-state index is 0.0118. The smallest absolute Gasteiger partial charge is 0.326 e. The van der Waals surface area contributed by atoms with Gasteiger partial charge in [-0.25, -0.2) is 4.79 Å². The average molecular weight is 413 g/mol. The number of ether oxygens (including phenoxy) is 1. The lowest BCUT2D eigenvalue weighted by atomic mass is 9.96. The Labute approximate surface area is 173 Å². The second-order valence-electron chi connectivity index (χ2n) is 8.08. The van der Waals surface area contributed by atoms with Crippen molar-refractivity contribution in [2.75, 3.05) is 24.6 Å². The molecule has 2 heterocycles. The molecule has 1 aliphatic carbocycles. The molecule has 3 fully saturated rings. The molecule has 0 bridgehead atoms. The van der Waals surface area contributed by atoms with Gasteiger partial charge in [0.15, 0.2) is 12.4 Å². The van der Waals surface area contributed by atoms with E-state index in [4.69, 9.17) is 4.74 Å². The predicted molar refractivity (Wildman–Crippen MR) is 105 cm³/mol. The van der Waals surface area contributed by atoms with Crippen LogP contribution in [0, 0.1) is 5.92 Å². The third kappa shape index (κ3) is 3.67. The minimum atomic E-state index is -0.972. The largest absolute Gasteiger partial charge is 0.456 e. The van der Waals surface area contributed by atoms with Crippen LogP contribution in [-0.2, 0) is 19.1 Å². The molecule has 2 aliphatic heterocycles. The Balaban J connectivity index is 1.33. The van der Waals surface area contributed by atoms with Crippen LogP contribution in [0.25, 0.3) is 0 Å². The molecule has 4 rings (SSSR count). The number of ketones is 1. The normalized spacial score (nSPS) is 23.7. The SMILES string of the molecule is C[C@@]1(C2CC2)NC(=O)N(CC(=O)OCC(=O)c2cccc(N3CCCC3=O)c2)C1=O. The van der Waals surface area contributed by atoms with Gasteiger partial charge in [-0.15, -0.1) is 0 Å². The van der Waals surface area contributed by atoms with Crippen LogP contribution in [0.2, 0.25) is 0 Å². The van der Waals surface area contributed by atoms with Crippen LogP contribution in [0.3, 0.4) is 0 Å². The van der Waals surface area contributed by atoms with Crippen LogP contribution >= 0.6 is 0 Å². The zero-order valence-corrected chi connectivity index (χ0v) is 16.7. The highest BCUT2D eigenvalue weighted by Crippen LogP contribution is 2.42. The number of nitrogens with zero attached hydrogens (tertiary/aromatic N) is 2. The van der Waals surface area contributed by atoms with Crippen LogP contribution in [0.4, 0.5) is 10.5 Å². The third-order valence-corrected chi connectivity index (χ3v) is 5.90. The van der Waals surface area contributed by atoms with E-state index in [-0.39, 0.29) is 11.8 Å². The first-order chi connectivity index (χ1) is 14.3. The zero-order valence-electron chi connectivity index (χ0n) is 16.7. The molecule has 2 saturated heterocycles. The summed E-state index contributed by atoms with van der Waals surface area (Å²) in [4.78, 5) is 63.6. The van der Waals surface area contributed by atoms with Crippen molar-refractivity contribution in [3.8, 4) is 0 Å². The highest BCUT2D eigenvalue weighted by atomic mass is 16.5. The number of imide groups is 1. The molecule has 1 saturated carbocycles. The lowest BCUT2D eigenvalue weighted by Crippen LogP contribution is -2.46. The maximum atomic E-state index is 12.5. The van der Waals surface area contributed by atoms with Gasteiger partial charge in [0.2, 0.25) is 5.91 Å². The molecule has 1 N–H and O–H groups in total. The fraction of sp³-hybridized carbons (Fsp3) is 0.476. The van der Waals surface area contributed by atoms with Gasteiger partial charge in [0.1, 0.15) is 12.1 Å². The number of rotatable bonds is 7. The summed E-state index contributed by atoms with van der Waals surface area (Å²) in [7, 11) is 0. The Morgan fingerprint density at radius 2 is 2.00 bits per heavy atom.